The number of carboxylic acids is 1. The second-order valence-electron chi connectivity index (χ2n) is 8.41. The van der Waals surface area contributed by atoms with Gasteiger partial charge < -0.3 is 26.0 Å². The van der Waals surface area contributed by atoms with Crippen LogP contribution in [0, 0.1) is 5.92 Å². The van der Waals surface area contributed by atoms with Crippen LogP contribution in [0.1, 0.15) is 62.5 Å². The lowest BCUT2D eigenvalue weighted by Gasteiger charge is -2.16. The number of aromatic nitrogens is 2. The van der Waals surface area contributed by atoms with Crippen molar-refractivity contribution in [1.29, 1.82) is 0 Å². The third-order valence-electron chi connectivity index (χ3n) is 4.89. The number of benzene rings is 1. The first-order valence-corrected chi connectivity index (χ1v) is 11.9. The second-order valence-corrected chi connectivity index (χ2v) is 8.41. The number of H-pyrrole nitrogens is 1. The molecule has 34 heavy (non-hydrogen) atoms. The fourth-order valence-electron chi connectivity index (χ4n) is 3.07. The smallest absolute Gasteiger partial charge is 0.320 e. The number of hydrogen-bond acceptors (Lipinski definition) is 5. The summed E-state index contributed by atoms with van der Waals surface area (Å²) < 4.78 is 0. The van der Waals surface area contributed by atoms with Crippen molar-refractivity contribution in [2.24, 2.45) is 5.92 Å². The van der Waals surface area contributed by atoms with Gasteiger partial charge in [0.1, 0.15) is 6.04 Å². The van der Waals surface area contributed by atoms with Crippen LogP contribution >= 0.6 is 0 Å². The molecule has 0 saturated heterocycles. The highest BCUT2D eigenvalue weighted by molar-refractivity contribution is 5.96. The zero-order valence-corrected chi connectivity index (χ0v) is 20.5. The van der Waals surface area contributed by atoms with E-state index in [0.29, 0.717) is 30.9 Å². The molecule has 0 fully saturated rings. The fraction of sp³-hybridized carbons (Fsp3) is 0.520. The maximum Gasteiger partial charge on any atom is 0.320 e. The summed E-state index contributed by atoms with van der Waals surface area (Å²) in [5, 5.41) is 17.3. The topological polar surface area (TPSA) is 136 Å². The lowest BCUT2D eigenvalue weighted by Crippen LogP contribution is -2.38. The molecule has 1 aromatic heterocycles. The summed E-state index contributed by atoms with van der Waals surface area (Å²) in [5.74, 6) is -0.770. The van der Waals surface area contributed by atoms with Crippen molar-refractivity contribution in [3.05, 3.63) is 54.1 Å². The third-order valence-corrected chi connectivity index (χ3v) is 4.89. The van der Waals surface area contributed by atoms with E-state index in [2.05, 4.69) is 32.8 Å². The summed E-state index contributed by atoms with van der Waals surface area (Å²) >= 11 is 0. The lowest BCUT2D eigenvalue weighted by molar-refractivity contribution is -0.139. The van der Waals surface area contributed by atoms with E-state index in [0.717, 1.165) is 18.7 Å². The maximum atomic E-state index is 11.7. The lowest BCUT2D eigenvalue weighted by atomic mass is 10.0. The molecular weight excluding hydrogens is 434 g/mol. The third kappa shape index (κ3) is 13.4. The van der Waals surface area contributed by atoms with Crippen molar-refractivity contribution >= 4 is 17.8 Å². The summed E-state index contributed by atoms with van der Waals surface area (Å²) in [5.41, 5.74) is 1.50. The van der Waals surface area contributed by atoms with Crippen LogP contribution in [0.4, 0.5) is 0 Å². The van der Waals surface area contributed by atoms with E-state index < -0.39 is 5.97 Å². The molecule has 2 aromatic rings. The molecule has 1 heterocycles. The Morgan fingerprint density at radius 2 is 1.79 bits per heavy atom. The van der Waals surface area contributed by atoms with Gasteiger partial charge >= 0.3 is 5.97 Å². The Morgan fingerprint density at radius 3 is 2.38 bits per heavy atom. The van der Waals surface area contributed by atoms with Crippen LogP contribution in [-0.2, 0) is 16.0 Å². The van der Waals surface area contributed by atoms with Gasteiger partial charge in [0, 0.05) is 30.4 Å². The zero-order chi connectivity index (χ0) is 25.2. The molecule has 9 heteroatoms. The molecule has 0 aliphatic rings. The van der Waals surface area contributed by atoms with Crippen LogP contribution in [0.5, 0.6) is 0 Å². The van der Waals surface area contributed by atoms with Crippen LogP contribution in [0.3, 0.4) is 0 Å². The van der Waals surface area contributed by atoms with Gasteiger partial charge in [-0.15, -0.1) is 0 Å². The van der Waals surface area contributed by atoms with E-state index in [9.17, 15) is 14.4 Å². The average Bonchev–Trinajstić information content (AvgIpc) is 3.33. The van der Waals surface area contributed by atoms with E-state index in [-0.39, 0.29) is 24.4 Å². The summed E-state index contributed by atoms with van der Waals surface area (Å²) in [6, 6.07) is 8.42. The number of hydrogen-bond donors (Lipinski definition) is 5. The number of amides is 2. The van der Waals surface area contributed by atoms with Crippen molar-refractivity contribution in [1.82, 2.24) is 25.9 Å². The van der Waals surface area contributed by atoms with E-state index >= 15 is 0 Å². The molecule has 0 bridgehead atoms. The minimum atomic E-state index is -0.727. The molecule has 188 valence electrons. The van der Waals surface area contributed by atoms with Gasteiger partial charge in [-0.05, 0) is 37.4 Å². The van der Waals surface area contributed by atoms with E-state index in [1.807, 2.05) is 19.9 Å². The molecule has 2 rings (SSSR count). The Labute approximate surface area is 202 Å². The zero-order valence-electron chi connectivity index (χ0n) is 20.5. The first kappa shape index (κ1) is 28.8. The molecule has 0 radical (unpaired) electrons. The molecule has 1 aromatic carbocycles. The highest BCUT2D eigenvalue weighted by atomic mass is 16.4. The molecule has 5 N–H and O–H groups in total. The number of nitrogens with zero attached hydrogens (tertiary/aromatic N) is 1. The first-order chi connectivity index (χ1) is 16.3. The highest BCUT2D eigenvalue weighted by Gasteiger charge is 2.17. The molecule has 0 aliphatic heterocycles. The number of unbranched alkanes of at least 4 members (excludes halogenated alkanes) is 2. The molecule has 2 amide bonds. The standard InChI is InChI=1S/C14H16N4O2.C11H23NO2/c19-13(16-7-6-12-8-15-10-18-12)9-17-14(20)11-4-2-1-3-5-11;1-4-5-6-7-12-10(11(13)14)8-9(2)3/h1-5,8,10H,6-7,9H2,(H,15,18)(H,16,19)(H,17,20);9-10,12H,4-8H2,1-3H3,(H,13,14). The van der Waals surface area contributed by atoms with E-state index in [4.69, 9.17) is 5.11 Å². The first-order valence-electron chi connectivity index (χ1n) is 11.9. The van der Waals surface area contributed by atoms with E-state index in [1.54, 1.807) is 36.8 Å². The van der Waals surface area contributed by atoms with E-state index in [1.165, 1.54) is 12.8 Å². The van der Waals surface area contributed by atoms with Crippen molar-refractivity contribution in [3.63, 3.8) is 0 Å². The van der Waals surface area contributed by atoms with Gasteiger partial charge in [0.15, 0.2) is 0 Å². The summed E-state index contributed by atoms with van der Waals surface area (Å²) in [4.78, 5) is 40.9. The SMILES string of the molecule is CCCCCNC(CC(C)C)C(=O)O.O=C(CNC(=O)c1ccccc1)NCCc1cnc[nH]1. The van der Waals surface area contributed by atoms with Crippen molar-refractivity contribution in [2.45, 2.75) is 58.9 Å². The second kappa shape index (κ2) is 17.3. The molecule has 0 saturated carbocycles. The Kier molecular flexibility index (Phi) is 14.7. The van der Waals surface area contributed by atoms with Crippen molar-refractivity contribution in [2.75, 3.05) is 19.6 Å². The Hall–Kier alpha value is -3.20. The largest absolute Gasteiger partial charge is 0.480 e. The van der Waals surface area contributed by atoms with Gasteiger partial charge in [0.05, 0.1) is 12.9 Å². The number of aromatic amines is 1. The van der Waals surface area contributed by atoms with Gasteiger partial charge in [-0.3, -0.25) is 14.4 Å². The van der Waals surface area contributed by atoms with Crippen LogP contribution in [-0.4, -0.2) is 58.5 Å². The molecular formula is C25H39N5O4. The normalized spacial score (nSPS) is 11.3. The number of nitrogens with one attached hydrogen (secondary N) is 4. The van der Waals surface area contributed by atoms with Gasteiger partial charge in [0.2, 0.25) is 5.91 Å². The number of aliphatic carboxylic acids is 1. The van der Waals surface area contributed by atoms with Crippen molar-refractivity contribution in [3.8, 4) is 0 Å². The molecule has 9 nitrogen and oxygen atoms in total. The van der Waals surface area contributed by atoms with Crippen LogP contribution in [0.25, 0.3) is 0 Å². The minimum Gasteiger partial charge on any atom is -0.480 e. The van der Waals surface area contributed by atoms with Crippen LogP contribution in [0.2, 0.25) is 0 Å². The molecule has 0 aliphatic carbocycles. The van der Waals surface area contributed by atoms with Crippen LogP contribution < -0.4 is 16.0 Å². The van der Waals surface area contributed by atoms with Crippen molar-refractivity contribution < 1.29 is 19.5 Å². The average molecular weight is 474 g/mol. The Bertz CT molecular complexity index is 825. The minimum absolute atomic E-state index is 0.0310. The number of carboxylic acid groups (broad SMARTS) is 1. The maximum absolute atomic E-state index is 11.7. The molecule has 1 unspecified atom stereocenters. The quantitative estimate of drug-likeness (QED) is 0.268. The monoisotopic (exact) mass is 473 g/mol. The van der Waals surface area contributed by atoms with Gasteiger partial charge in [-0.1, -0.05) is 51.8 Å². The van der Waals surface area contributed by atoms with Gasteiger partial charge in [-0.2, -0.15) is 0 Å². The summed E-state index contributed by atoms with van der Waals surface area (Å²) in [6.45, 7) is 7.52. The Balaban J connectivity index is 0.000000365. The predicted molar refractivity (Wildman–Crippen MR) is 132 cm³/mol. The summed E-state index contributed by atoms with van der Waals surface area (Å²) in [7, 11) is 0. The number of rotatable bonds is 14. The van der Waals surface area contributed by atoms with Gasteiger partial charge in [0.25, 0.3) is 5.91 Å². The summed E-state index contributed by atoms with van der Waals surface area (Å²) in [6.07, 6.45) is 8.10. The number of carbonyl (C=O) groups excluding carboxylic acids is 2. The van der Waals surface area contributed by atoms with Crippen LogP contribution in [0.15, 0.2) is 42.9 Å². The Morgan fingerprint density at radius 1 is 1.06 bits per heavy atom. The predicted octanol–water partition coefficient (Wildman–Crippen LogP) is 2.76. The number of imidazole rings is 1. The highest BCUT2D eigenvalue weighted by Crippen LogP contribution is 2.05. The molecule has 1 atom stereocenters. The fourth-order valence-corrected chi connectivity index (χ4v) is 3.07. The number of carbonyl (C=O) groups is 3. The van der Waals surface area contributed by atoms with Gasteiger partial charge in [-0.25, -0.2) is 4.98 Å². The molecule has 0 spiro atoms.